The molecule has 0 fully saturated rings. The zero-order chi connectivity index (χ0) is 14.1. The number of hydrogen-bond acceptors (Lipinski definition) is 5. The minimum atomic E-state index is -0.430. The lowest BCUT2D eigenvalue weighted by atomic mass is 10.2. The van der Waals surface area contributed by atoms with Crippen LogP contribution in [0.1, 0.15) is 0 Å². The fourth-order valence-corrected chi connectivity index (χ4v) is 2.24. The quantitative estimate of drug-likeness (QED) is 0.681. The van der Waals surface area contributed by atoms with Crippen molar-refractivity contribution in [3.05, 3.63) is 51.0 Å². The Hall–Kier alpha value is -2.28. The van der Waals surface area contributed by atoms with Crippen LogP contribution in [0.2, 0.25) is 0 Å². The van der Waals surface area contributed by atoms with E-state index in [0.717, 1.165) is 0 Å². The van der Waals surface area contributed by atoms with Crippen molar-refractivity contribution in [2.24, 2.45) is 0 Å². The van der Waals surface area contributed by atoms with Gasteiger partial charge in [0, 0.05) is 22.3 Å². The van der Waals surface area contributed by atoms with Crippen LogP contribution in [-0.2, 0) is 0 Å². The van der Waals surface area contributed by atoms with Gasteiger partial charge < -0.3 is 14.8 Å². The van der Waals surface area contributed by atoms with Crippen LogP contribution < -0.4 is 14.8 Å². The second-order valence-electron chi connectivity index (χ2n) is 4.11. The fraction of sp³-hybridized carbons (Fsp3) is 0.0769. The van der Waals surface area contributed by atoms with Gasteiger partial charge in [0.2, 0.25) is 6.79 Å². The molecule has 0 bridgehead atoms. The number of rotatable bonds is 3. The minimum Gasteiger partial charge on any atom is -0.454 e. The number of hydrogen-bond donors (Lipinski definition) is 1. The van der Waals surface area contributed by atoms with Gasteiger partial charge in [0.25, 0.3) is 5.69 Å². The first kappa shape index (κ1) is 12.7. The van der Waals surface area contributed by atoms with E-state index in [-0.39, 0.29) is 12.5 Å². The first-order valence-corrected chi connectivity index (χ1v) is 6.53. The highest BCUT2D eigenvalue weighted by atomic mass is 79.9. The first-order chi connectivity index (χ1) is 9.63. The molecule has 6 nitrogen and oxygen atoms in total. The van der Waals surface area contributed by atoms with E-state index in [1.807, 2.05) is 0 Å². The van der Waals surface area contributed by atoms with Crippen LogP contribution in [0.3, 0.4) is 0 Å². The van der Waals surface area contributed by atoms with Gasteiger partial charge in [-0.05, 0) is 24.3 Å². The van der Waals surface area contributed by atoms with Gasteiger partial charge >= 0.3 is 0 Å². The largest absolute Gasteiger partial charge is 0.454 e. The number of anilines is 2. The Morgan fingerprint density at radius 1 is 1.15 bits per heavy atom. The van der Waals surface area contributed by atoms with Gasteiger partial charge in [-0.3, -0.25) is 10.1 Å². The van der Waals surface area contributed by atoms with Gasteiger partial charge in [0.1, 0.15) is 5.69 Å². The summed E-state index contributed by atoms with van der Waals surface area (Å²) < 4.78 is 11.1. The number of fused-ring (bicyclic) bond motifs is 1. The lowest BCUT2D eigenvalue weighted by Gasteiger charge is -2.08. The van der Waals surface area contributed by atoms with Crippen molar-refractivity contribution in [3.8, 4) is 11.5 Å². The molecule has 0 aliphatic carbocycles. The van der Waals surface area contributed by atoms with Crippen LogP contribution >= 0.6 is 15.9 Å². The average Bonchev–Trinajstić information content (AvgIpc) is 2.88. The van der Waals surface area contributed by atoms with E-state index >= 15 is 0 Å². The number of ether oxygens (including phenoxy) is 2. The van der Waals surface area contributed by atoms with Crippen LogP contribution in [-0.4, -0.2) is 11.7 Å². The Morgan fingerprint density at radius 3 is 2.75 bits per heavy atom. The van der Waals surface area contributed by atoms with Gasteiger partial charge in [0.15, 0.2) is 11.5 Å². The van der Waals surface area contributed by atoms with Crippen molar-refractivity contribution in [2.75, 3.05) is 12.1 Å². The van der Waals surface area contributed by atoms with E-state index in [2.05, 4.69) is 21.2 Å². The second-order valence-corrected chi connectivity index (χ2v) is 5.03. The molecule has 2 aromatic rings. The molecule has 0 amide bonds. The summed E-state index contributed by atoms with van der Waals surface area (Å²) in [7, 11) is 0. The summed E-state index contributed by atoms with van der Waals surface area (Å²) in [6.45, 7) is 0.192. The van der Waals surface area contributed by atoms with Gasteiger partial charge in [-0.2, -0.15) is 0 Å². The van der Waals surface area contributed by atoms with Gasteiger partial charge in [-0.1, -0.05) is 15.9 Å². The first-order valence-electron chi connectivity index (χ1n) is 5.74. The normalized spacial score (nSPS) is 12.2. The fourth-order valence-electron chi connectivity index (χ4n) is 1.89. The van der Waals surface area contributed by atoms with E-state index in [1.165, 1.54) is 6.07 Å². The third-order valence-corrected chi connectivity index (χ3v) is 3.30. The summed E-state index contributed by atoms with van der Waals surface area (Å²) in [5, 5.41) is 14.1. The van der Waals surface area contributed by atoms with Crippen LogP contribution in [0.15, 0.2) is 40.9 Å². The summed E-state index contributed by atoms with van der Waals surface area (Å²) in [5.41, 5.74) is 1.11. The van der Waals surface area contributed by atoms with Gasteiger partial charge in [0.05, 0.1) is 4.92 Å². The number of nitrogens with zero attached hydrogens (tertiary/aromatic N) is 1. The molecule has 0 spiro atoms. The van der Waals surface area contributed by atoms with Crippen LogP contribution in [0.5, 0.6) is 11.5 Å². The molecule has 1 N–H and O–H groups in total. The monoisotopic (exact) mass is 336 g/mol. The molecule has 0 unspecified atom stereocenters. The summed E-state index contributed by atoms with van der Waals surface area (Å²) in [4.78, 5) is 10.6. The molecule has 2 aromatic carbocycles. The predicted octanol–water partition coefficient (Wildman–Crippen LogP) is 3.83. The molecule has 0 atom stereocenters. The highest BCUT2D eigenvalue weighted by Gasteiger charge is 2.17. The Kier molecular flexibility index (Phi) is 3.19. The lowest BCUT2D eigenvalue weighted by molar-refractivity contribution is -0.384. The zero-order valence-electron chi connectivity index (χ0n) is 10.1. The third kappa shape index (κ3) is 2.39. The van der Waals surface area contributed by atoms with Crippen molar-refractivity contribution in [2.45, 2.75) is 0 Å². The molecular formula is C13H9BrN2O4. The van der Waals surface area contributed by atoms with Gasteiger partial charge in [-0.25, -0.2) is 0 Å². The smallest absolute Gasteiger partial charge is 0.293 e. The number of nitro groups is 1. The minimum absolute atomic E-state index is 0.00274. The number of nitrogens with one attached hydrogen (secondary N) is 1. The van der Waals surface area contributed by atoms with Gasteiger partial charge in [-0.15, -0.1) is 0 Å². The summed E-state index contributed by atoms with van der Waals surface area (Å²) in [6.07, 6.45) is 0. The predicted molar refractivity (Wildman–Crippen MR) is 76.6 cm³/mol. The lowest BCUT2D eigenvalue weighted by Crippen LogP contribution is -1.97. The third-order valence-electron chi connectivity index (χ3n) is 2.81. The van der Waals surface area contributed by atoms with Crippen molar-refractivity contribution >= 4 is 33.0 Å². The Labute approximate surface area is 122 Å². The van der Waals surface area contributed by atoms with Crippen molar-refractivity contribution in [3.63, 3.8) is 0 Å². The van der Waals surface area contributed by atoms with Crippen molar-refractivity contribution < 1.29 is 14.4 Å². The molecule has 0 aromatic heterocycles. The summed E-state index contributed by atoms with van der Waals surface area (Å²) >= 11 is 3.22. The molecule has 0 saturated carbocycles. The van der Waals surface area contributed by atoms with E-state index in [0.29, 0.717) is 27.3 Å². The molecule has 0 radical (unpaired) electrons. The van der Waals surface area contributed by atoms with E-state index < -0.39 is 4.92 Å². The molecule has 1 heterocycles. The maximum Gasteiger partial charge on any atom is 0.293 e. The number of benzene rings is 2. The number of nitro benzene ring substituents is 1. The highest BCUT2D eigenvalue weighted by Crippen LogP contribution is 2.36. The summed E-state index contributed by atoms with van der Waals surface area (Å²) in [5.74, 6) is 1.29. The van der Waals surface area contributed by atoms with Crippen LogP contribution in [0.25, 0.3) is 0 Å². The SMILES string of the molecule is O=[N+]([O-])c1cc(Br)ccc1Nc1ccc2c(c1)OCO2. The van der Waals surface area contributed by atoms with E-state index in [4.69, 9.17) is 9.47 Å². The molecule has 1 aliphatic heterocycles. The molecular weight excluding hydrogens is 328 g/mol. The van der Waals surface area contributed by atoms with Crippen LogP contribution in [0, 0.1) is 10.1 Å². The molecule has 1 aliphatic rings. The van der Waals surface area contributed by atoms with E-state index in [9.17, 15) is 10.1 Å². The molecule has 20 heavy (non-hydrogen) atoms. The molecule has 7 heteroatoms. The Morgan fingerprint density at radius 2 is 1.95 bits per heavy atom. The highest BCUT2D eigenvalue weighted by molar-refractivity contribution is 9.10. The summed E-state index contributed by atoms with van der Waals surface area (Å²) in [6, 6.07) is 10.1. The Bertz CT molecular complexity index is 690. The van der Waals surface area contributed by atoms with Crippen molar-refractivity contribution in [1.29, 1.82) is 0 Å². The topological polar surface area (TPSA) is 73.6 Å². The van der Waals surface area contributed by atoms with Crippen LogP contribution in [0.4, 0.5) is 17.1 Å². The van der Waals surface area contributed by atoms with E-state index in [1.54, 1.807) is 30.3 Å². The second kappa shape index (κ2) is 5.01. The maximum absolute atomic E-state index is 11.1. The maximum atomic E-state index is 11.1. The van der Waals surface area contributed by atoms with Crippen molar-refractivity contribution in [1.82, 2.24) is 0 Å². The number of halogens is 1. The standard InChI is InChI=1S/C13H9BrN2O4/c14-8-1-3-10(11(5-8)16(17)18)15-9-2-4-12-13(6-9)20-7-19-12/h1-6,15H,7H2. The average molecular weight is 337 g/mol. The Balaban J connectivity index is 1.93. The molecule has 3 rings (SSSR count). The molecule has 102 valence electrons. The zero-order valence-corrected chi connectivity index (χ0v) is 11.7. The molecule has 0 saturated heterocycles.